The maximum atomic E-state index is 12.7. The van der Waals surface area contributed by atoms with E-state index in [4.69, 9.17) is 0 Å². The van der Waals surface area contributed by atoms with Gasteiger partial charge < -0.3 is 0 Å². The zero-order valence-electron chi connectivity index (χ0n) is 21.0. The zero-order valence-corrected chi connectivity index (χ0v) is 21.8. The lowest BCUT2D eigenvalue weighted by Crippen LogP contribution is -2.21. The molecule has 6 nitrogen and oxygen atoms in total. The smallest absolute Gasteiger partial charge is 0.250 e. The van der Waals surface area contributed by atoms with Gasteiger partial charge in [0.25, 0.3) is 5.91 Å². The first-order valence-corrected chi connectivity index (χ1v) is 13.0. The van der Waals surface area contributed by atoms with Crippen LogP contribution in [0.3, 0.4) is 0 Å². The summed E-state index contributed by atoms with van der Waals surface area (Å²) in [5, 5.41) is 16.2. The molecule has 0 saturated carbocycles. The van der Waals surface area contributed by atoms with Gasteiger partial charge in [-0.05, 0) is 55.3 Å². The van der Waals surface area contributed by atoms with Gasteiger partial charge in [-0.3, -0.25) is 9.36 Å². The third kappa shape index (κ3) is 5.62. The number of carbonyl (C=O) groups excluding carboxylic acids is 1. The van der Waals surface area contributed by atoms with Gasteiger partial charge in [-0.15, -0.1) is 10.2 Å². The van der Waals surface area contributed by atoms with Crippen LogP contribution in [0.25, 0.3) is 27.8 Å². The average molecular weight is 506 g/mol. The molecule has 1 heterocycles. The number of fused-ring (bicyclic) bond motifs is 1. The molecule has 0 atom stereocenters. The second kappa shape index (κ2) is 10.8. The maximum absolute atomic E-state index is 12.7. The van der Waals surface area contributed by atoms with E-state index in [0.29, 0.717) is 5.16 Å². The van der Waals surface area contributed by atoms with E-state index in [9.17, 15) is 4.79 Å². The summed E-state index contributed by atoms with van der Waals surface area (Å²) < 4.78 is 1.99. The van der Waals surface area contributed by atoms with E-state index in [0.717, 1.165) is 33.7 Å². The fourth-order valence-corrected chi connectivity index (χ4v) is 4.71. The summed E-state index contributed by atoms with van der Waals surface area (Å²) in [5.41, 5.74) is 8.64. The molecule has 1 N–H and O–H groups in total. The average Bonchev–Trinajstić information content (AvgIpc) is 3.35. The van der Waals surface area contributed by atoms with E-state index in [2.05, 4.69) is 83.1 Å². The number of nitrogens with one attached hydrogen (secondary N) is 1. The number of aromatic nitrogens is 3. The monoisotopic (exact) mass is 505 g/mol. The highest BCUT2D eigenvalue weighted by atomic mass is 32.2. The summed E-state index contributed by atoms with van der Waals surface area (Å²) >= 11 is 1.33. The number of carbonyl (C=O) groups is 1. The van der Waals surface area contributed by atoms with Crippen LogP contribution in [0.15, 0.2) is 101 Å². The second-order valence-electron chi connectivity index (χ2n) is 8.93. The van der Waals surface area contributed by atoms with E-state index >= 15 is 0 Å². The molecule has 0 saturated heterocycles. The second-order valence-corrected chi connectivity index (χ2v) is 9.87. The van der Waals surface area contributed by atoms with Gasteiger partial charge in [-0.2, -0.15) is 5.10 Å². The van der Waals surface area contributed by atoms with Crippen molar-refractivity contribution in [2.24, 2.45) is 5.10 Å². The first kappa shape index (κ1) is 24.5. The Morgan fingerprint density at radius 2 is 1.54 bits per heavy atom. The molecule has 0 bridgehead atoms. The Hall–Kier alpha value is -4.23. The van der Waals surface area contributed by atoms with Gasteiger partial charge in [0.2, 0.25) is 0 Å². The Kier molecular flexibility index (Phi) is 7.14. The van der Waals surface area contributed by atoms with Crippen LogP contribution in [0.5, 0.6) is 0 Å². The number of amides is 1. The molecule has 1 aromatic heterocycles. The van der Waals surface area contributed by atoms with E-state index in [1.807, 2.05) is 54.0 Å². The Balaban J connectivity index is 1.33. The topological polar surface area (TPSA) is 72.2 Å². The van der Waals surface area contributed by atoms with Crippen molar-refractivity contribution in [1.82, 2.24) is 20.2 Å². The lowest BCUT2D eigenvalue weighted by molar-refractivity contribution is -0.118. The number of hydrogen-bond acceptors (Lipinski definition) is 5. The minimum atomic E-state index is -0.208. The molecular formula is C30H27N5OS. The van der Waals surface area contributed by atoms with Crippen molar-refractivity contribution < 1.29 is 4.79 Å². The third-order valence-corrected chi connectivity index (χ3v) is 7.01. The van der Waals surface area contributed by atoms with Crippen LogP contribution in [0, 0.1) is 13.8 Å². The predicted molar refractivity (Wildman–Crippen MR) is 151 cm³/mol. The van der Waals surface area contributed by atoms with Crippen LogP contribution < -0.4 is 5.43 Å². The van der Waals surface area contributed by atoms with E-state index in [1.54, 1.807) is 0 Å². The van der Waals surface area contributed by atoms with Gasteiger partial charge in [-0.25, -0.2) is 5.43 Å². The number of hydrazone groups is 1. The molecular weight excluding hydrogens is 478 g/mol. The standard InChI is InChI=1S/C30H27N5OS/c1-20-8-12-24(13-9-20)29-33-34-30(35(29)27-16-10-21(2)11-17-27)37-19-28(36)32-31-22(3)25-15-14-23-6-4-5-7-26(23)18-25/h4-18H,19H2,1-3H3,(H,32,36). The summed E-state index contributed by atoms with van der Waals surface area (Å²) in [6.45, 7) is 6.00. The number of benzene rings is 4. The molecule has 0 spiro atoms. The SMILES string of the molecule is CC(=NNC(=O)CSc1nnc(-c2ccc(C)cc2)n1-c1ccc(C)cc1)c1ccc2ccccc2c1. The van der Waals surface area contributed by atoms with Gasteiger partial charge in [0.1, 0.15) is 0 Å². The van der Waals surface area contributed by atoms with Gasteiger partial charge in [-0.1, -0.05) is 95.7 Å². The molecule has 0 aliphatic heterocycles. The molecule has 0 radical (unpaired) electrons. The number of nitrogens with zero attached hydrogens (tertiary/aromatic N) is 4. The van der Waals surface area contributed by atoms with Crippen LogP contribution in [0.2, 0.25) is 0 Å². The molecule has 0 aliphatic rings. The number of aryl methyl sites for hydroxylation is 2. The highest BCUT2D eigenvalue weighted by molar-refractivity contribution is 7.99. The molecule has 0 fully saturated rings. The van der Waals surface area contributed by atoms with Crippen LogP contribution in [0.1, 0.15) is 23.6 Å². The van der Waals surface area contributed by atoms with E-state index in [-0.39, 0.29) is 11.7 Å². The quantitative estimate of drug-likeness (QED) is 0.159. The largest absolute Gasteiger partial charge is 0.272 e. The van der Waals surface area contributed by atoms with Crippen LogP contribution >= 0.6 is 11.8 Å². The number of rotatable bonds is 7. The fourth-order valence-electron chi connectivity index (χ4n) is 3.97. The summed E-state index contributed by atoms with van der Waals surface area (Å²) in [5.74, 6) is 0.685. The van der Waals surface area contributed by atoms with Crippen LogP contribution in [0.4, 0.5) is 0 Å². The zero-order chi connectivity index (χ0) is 25.8. The van der Waals surface area contributed by atoms with E-state index < -0.39 is 0 Å². The maximum Gasteiger partial charge on any atom is 0.250 e. The Morgan fingerprint density at radius 1 is 0.865 bits per heavy atom. The van der Waals surface area contributed by atoms with Gasteiger partial charge in [0.05, 0.1) is 11.5 Å². The van der Waals surface area contributed by atoms with Gasteiger partial charge in [0.15, 0.2) is 11.0 Å². The van der Waals surface area contributed by atoms with Gasteiger partial charge >= 0.3 is 0 Å². The Bertz CT molecular complexity index is 1590. The number of hydrogen-bond donors (Lipinski definition) is 1. The van der Waals surface area contributed by atoms with Crippen molar-refractivity contribution in [2.75, 3.05) is 5.75 Å². The van der Waals surface area contributed by atoms with Crippen LogP contribution in [-0.2, 0) is 4.79 Å². The normalized spacial score (nSPS) is 11.6. The lowest BCUT2D eigenvalue weighted by Gasteiger charge is -2.11. The van der Waals surface area contributed by atoms with Crippen molar-refractivity contribution in [3.63, 3.8) is 0 Å². The third-order valence-electron chi connectivity index (χ3n) is 6.08. The molecule has 7 heteroatoms. The van der Waals surface area contributed by atoms with Crippen molar-refractivity contribution in [1.29, 1.82) is 0 Å². The molecule has 184 valence electrons. The summed E-state index contributed by atoms with van der Waals surface area (Å²) in [6.07, 6.45) is 0. The fraction of sp³-hybridized carbons (Fsp3) is 0.133. The summed E-state index contributed by atoms with van der Waals surface area (Å²) in [6, 6.07) is 30.7. The first-order valence-electron chi connectivity index (χ1n) is 12.0. The molecule has 5 rings (SSSR count). The molecule has 0 unspecified atom stereocenters. The van der Waals surface area contributed by atoms with Crippen molar-refractivity contribution in [3.05, 3.63) is 108 Å². The Morgan fingerprint density at radius 3 is 2.27 bits per heavy atom. The summed E-state index contributed by atoms with van der Waals surface area (Å²) in [7, 11) is 0. The highest BCUT2D eigenvalue weighted by Crippen LogP contribution is 2.28. The molecule has 0 aliphatic carbocycles. The highest BCUT2D eigenvalue weighted by Gasteiger charge is 2.17. The Labute approximate surface area is 220 Å². The minimum Gasteiger partial charge on any atom is -0.272 e. The van der Waals surface area contributed by atoms with Crippen molar-refractivity contribution >= 4 is 34.2 Å². The van der Waals surface area contributed by atoms with Crippen molar-refractivity contribution in [3.8, 4) is 17.1 Å². The van der Waals surface area contributed by atoms with Gasteiger partial charge in [0, 0.05) is 11.3 Å². The van der Waals surface area contributed by atoms with Crippen LogP contribution in [-0.4, -0.2) is 32.1 Å². The van der Waals surface area contributed by atoms with E-state index in [1.165, 1.54) is 28.3 Å². The molecule has 37 heavy (non-hydrogen) atoms. The molecule has 4 aromatic carbocycles. The minimum absolute atomic E-state index is 0.159. The summed E-state index contributed by atoms with van der Waals surface area (Å²) in [4.78, 5) is 12.7. The number of thioether (sulfide) groups is 1. The molecule has 5 aromatic rings. The lowest BCUT2D eigenvalue weighted by atomic mass is 10.0. The predicted octanol–water partition coefficient (Wildman–Crippen LogP) is 6.34. The first-order chi connectivity index (χ1) is 18.0. The molecule has 1 amide bonds. The van der Waals surface area contributed by atoms with Crippen molar-refractivity contribution in [2.45, 2.75) is 25.9 Å².